The molecule has 0 bridgehead atoms. The third-order valence-electron chi connectivity index (χ3n) is 11.7. The van der Waals surface area contributed by atoms with Gasteiger partial charge >= 0.3 is 5.97 Å². The number of rotatable bonds is 6. The standard InChI is InChI=1S/C35H46N2O2/c1-21(2)22(3)12-13-23(4)28-20-30-32-31-27(15-17-35(28,32)6)34(5)16-14-26(18-25(34)19-29(31)36-37-30)39-33(38)24-10-8-7-9-11-24/h7-13,21-23,25-28H,14-20H2,1-6H3/b13-12+/t22-,23+,25+,26?,27?,28?,34?,35?/m0/s1. The van der Waals surface area contributed by atoms with Gasteiger partial charge in [0.2, 0.25) is 0 Å². The SMILES string of the molecule is CC(C)[C@@H](C)/C=C/[C@@H](C)C1Cc2nnc3c4c2C1(C)CCC4C1(C)CCC(OC(=O)c2ccccc2)C[C@@H]1C3. The van der Waals surface area contributed by atoms with Crippen LogP contribution in [0.5, 0.6) is 0 Å². The van der Waals surface area contributed by atoms with Crippen LogP contribution >= 0.6 is 0 Å². The van der Waals surface area contributed by atoms with E-state index in [1.54, 1.807) is 11.1 Å². The molecule has 2 aromatic rings. The quantitative estimate of drug-likeness (QED) is 0.284. The normalized spacial score (nSPS) is 34.4. The zero-order valence-electron chi connectivity index (χ0n) is 24.7. The molecule has 6 rings (SSSR count). The van der Waals surface area contributed by atoms with Gasteiger partial charge in [-0.05, 0) is 115 Å². The van der Waals surface area contributed by atoms with Gasteiger partial charge in [0.05, 0.1) is 17.0 Å². The maximum Gasteiger partial charge on any atom is 0.338 e. The summed E-state index contributed by atoms with van der Waals surface area (Å²) in [5.41, 5.74) is 6.71. The van der Waals surface area contributed by atoms with Crippen molar-refractivity contribution < 1.29 is 9.53 Å². The summed E-state index contributed by atoms with van der Waals surface area (Å²) in [7, 11) is 0. The molecule has 1 aromatic heterocycles. The molecule has 4 heteroatoms. The maximum atomic E-state index is 12.8. The second-order valence-corrected chi connectivity index (χ2v) is 14.1. The van der Waals surface area contributed by atoms with Crippen LogP contribution in [0, 0.1) is 35.0 Å². The molecule has 4 aliphatic carbocycles. The number of hydrogen-bond acceptors (Lipinski definition) is 4. The molecule has 5 unspecified atom stereocenters. The van der Waals surface area contributed by atoms with Crippen LogP contribution in [0.25, 0.3) is 0 Å². The lowest BCUT2D eigenvalue weighted by atomic mass is 9.49. The highest BCUT2D eigenvalue weighted by Crippen LogP contribution is 2.64. The van der Waals surface area contributed by atoms with E-state index in [0.29, 0.717) is 41.1 Å². The summed E-state index contributed by atoms with van der Waals surface area (Å²) in [6.07, 6.45) is 12.4. The summed E-state index contributed by atoms with van der Waals surface area (Å²) in [5.74, 6) is 3.21. The minimum Gasteiger partial charge on any atom is -0.459 e. The molecule has 0 spiro atoms. The van der Waals surface area contributed by atoms with Crippen LogP contribution < -0.4 is 0 Å². The van der Waals surface area contributed by atoms with Gasteiger partial charge in [-0.15, -0.1) is 0 Å². The third-order valence-corrected chi connectivity index (χ3v) is 11.7. The molecular weight excluding hydrogens is 480 g/mol. The molecule has 208 valence electrons. The zero-order valence-corrected chi connectivity index (χ0v) is 24.7. The average Bonchev–Trinajstić information content (AvgIpc) is 3.24. The first-order chi connectivity index (χ1) is 18.6. The predicted molar refractivity (Wildman–Crippen MR) is 156 cm³/mol. The van der Waals surface area contributed by atoms with Crippen LogP contribution in [0.2, 0.25) is 0 Å². The highest BCUT2D eigenvalue weighted by atomic mass is 16.5. The fourth-order valence-corrected chi connectivity index (χ4v) is 8.77. The molecule has 8 atom stereocenters. The molecule has 1 heterocycles. The van der Waals surface area contributed by atoms with E-state index < -0.39 is 0 Å². The van der Waals surface area contributed by atoms with Crippen molar-refractivity contribution in [2.75, 3.05) is 0 Å². The van der Waals surface area contributed by atoms with Gasteiger partial charge < -0.3 is 4.74 Å². The van der Waals surface area contributed by atoms with E-state index in [1.165, 1.54) is 24.2 Å². The molecule has 4 aliphatic rings. The largest absolute Gasteiger partial charge is 0.459 e. The van der Waals surface area contributed by atoms with E-state index in [1.807, 2.05) is 30.3 Å². The van der Waals surface area contributed by atoms with Gasteiger partial charge in [-0.25, -0.2) is 4.79 Å². The molecule has 0 amide bonds. The number of aromatic nitrogens is 2. The van der Waals surface area contributed by atoms with E-state index in [0.717, 1.165) is 32.1 Å². The first kappa shape index (κ1) is 26.7. The van der Waals surface area contributed by atoms with Crippen molar-refractivity contribution >= 4 is 5.97 Å². The fraction of sp³-hybridized carbons (Fsp3) is 0.629. The lowest BCUT2D eigenvalue weighted by Gasteiger charge is -2.56. The van der Waals surface area contributed by atoms with Crippen molar-refractivity contribution in [3.8, 4) is 0 Å². The second-order valence-electron chi connectivity index (χ2n) is 14.1. The fourth-order valence-electron chi connectivity index (χ4n) is 8.77. The third kappa shape index (κ3) is 4.37. The Kier molecular flexibility index (Phi) is 6.75. The monoisotopic (exact) mass is 526 g/mol. The van der Waals surface area contributed by atoms with E-state index >= 15 is 0 Å². The highest BCUT2D eigenvalue weighted by molar-refractivity contribution is 5.89. The van der Waals surface area contributed by atoms with E-state index in [9.17, 15) is 4.79 Å². The van der Waals surface area contributed by atoms with E-state index in [2.05, 4.69) is 53.7 Å². The van der Waals surface area contributed by atoms with Crippen molar-refractivity contribution in [3.05, 3.63) is 70.6 Å². The molecule has 0 saturated heterocycles. The van der Waals surface area contributed by atoms with Gasteiger partial charge in [0.15, 0.2) is 0 Å². The number of allylic oxidation sites excluding steroid dienone is 2. The Balaban J connectivity index is 1.25. The predicted octanol–water partition coefficient (Wildman–Crippen LogP) is 7.86. The van der Waals surface area contributed by atoms with Crippen LogP contribution in [0.3, 0.4) is 0 Å². The van der Waals surface area contributed by atoms with Crippen molar-refractivity contribution in [2.24, 2.45) is 35.0 Å². The number of benzene rings is 1. The molecule has 39 heavy (non-hydrogen) atoms. The second kappa shape index (κ2) is 9.85. The number of ether oxygens (including phenoxy) is 1. The lowest BCUT2D eigenvalue weighted by Crippen LogP contribution is -2.49. The molecule has 0 aliphatic heterocycles. The van der Waals surface area contributed by atoms with Crippen molar-refractivity contribution in [2.45, 2.75) is 104 Å². The molecule has 1 saturated carbocycles. The molecule has 0 N–H and O–H groups in total. The van der Waals surface area contributed by atoms with Crippen LogP contribution in [-0.2, 0) is 23.0 Å². The van der Waals surface area contributed by atoms with Gasteiger partial charge in [-0.1, -0.05) is 71.9 Å². The lowest BCUT2D eigenvalue weighted by molar-refractivity contribution is -0.0330. The van der Waals surface area contributed by atoms with Crippen molar-refractivity contribution in [1.82, 2.24) is 10.2 Å². The van der Waals surface area contributed by atoms with Crippen LogP contribution in [0.1, 0.15) is 112 Å². The van der Waals surface area contributed by atoms with Gasteiger partial charge in [-0.2, -0.15) is 10.2 Å². The number of hydrogen-bond donors (Lipinski definition) is 0. The van der Waals surface area contributed by atoms with Gasteiger partial charge in [-0.3, -0.25) is 0 Å². The van der Waals surface area contributed by atoms with Crippen molar-refractivity contribution in [3.63, 3.8) is 0 Å². The molecular formula is C35H46N2O2. The summed E-state index contributed by atoms with van der Waals surface area (Å²) in [6, 6.07) is 9.41. The number of esters is 1. The minimum absolute atomic E-state index is 0.0150. The molecule has 1 fully saturated rings. The molecule has 1 aromatic carbocycles. The zero-order chi connectivity index (χ0) is 27.5. The number of carbonyl (C=O) groups is 1. The Bertz CT molecular complexity index is 1270. The molecule has 0 radical (unpaired) electrons. The van der Waals surface area contributed by atoms with Gasteiger partial charge in [0.1, 0.15) is 6.10 Å². The summed E-state index contributed by atoms with van der Waals surface area (Å²) < 4.78 is 6.04. The van der Waals surface area contributed by atoms with Gasteiger partial charge in [0, 0.05) is 0 Å². The summed E-state index contributed by atoms with van der Waals surface area (Å²) in [6.45, 7) is 14.4. The Morgan fingerprint density at radius 1 is 0.974 bits per heavy atom. The first-order valence-electron chi connectivity index (χ1n) is 15.4. The number of fused-ring (bicyclic) bond motifs is 2. The van der Waals surface area contributed by atoms with Crippen molar-refractivity contribution in [1.29, 1.82) is 0 Å². The van der Waals surface area contributed by atoms with Gasteiger partial charge in [0.25, 0.3) is 0 Å². The van der Waals surface area contributed by atoms with Crippen LogP contribution in [-0.4, -0.2) is 22.3 Å². The Hall–Kier alpha value is -2.49. The Morgan fingerprint density at radius 2 is 1.72 bits per heavy atom. The maximum absolute atomic E-state index is 12.8. The summed E-state index contributed by atoms with van der Waals surface area (Å²) >= 11 is 0. The minimum atomic E-state index is -0.191. The van der Waals surface area contributed by atoms with Crippen LogP contribution in [0.4, 0.5) is 0 Å². The Labute approximate surface area is 235 Å². The van der Waals surface area contributed by atoms with E-state index in [4.69, 9.17) is 14.9 Å². The number of nitrogens with zero attached hydrogens (tertiary/aromatic N) is 2. The molecule has 4 nitrogen and oxygen atoms in total. The Morgan fingerprint density at radius 3 is 2.46 bits per heavy atom. The topological polar surface area (TPSA) is 52.1 Å². The first-order valence-corrected chi connectivity index (χ1v) is 15.4. The highest BCUT2D eigenvalue weighted by Gasteiger charge is 2.58. The summed E-state index contributed by atoms with van der Waals surface area (Å²) in [5, 5.41) is 9.81. The smallest absolute Gasteiger partial charge is 0.338 e. The number of carbonyl (C=O) groups excluding carboxylic acids is 1. The average molecular weight is 527 g/mol. The summed E-state index contributed by atoms with van der Waals surface area (Å²) in [4.78, 5) is 12.8. The van der Waals surface area contributed by atoms with E-state index in [-0.39, 0.29) is 22.9 Å². The van der Waals surface area contributed by atoms with Crippen LogP contribution in [0.15, 0.2) is 42.5 Å².